The second-order valence-corrected chi connectivity index (χ2v) is 5.80. The van der Waals surface area contributed by atoms with Crippen molar-refractivity contribution in [2.45, 2.75) is 19.1 Å². The number of rotatable bonds is 5. The van der Waals surface area contributed by atoms with E-state index in [9.17, 15) is 24.8 Å². The molecular weight excluding hydrogens is 366 g/mol. The molecular formula is C19H17N3O6. The molecule has 0 bridgehead atoms. The molecule has 9 heteroatoms. The third kappa shape index (κ3) is 5.38. The molecule has 0 aliphatic heterocycles. The van der Waals surface area contributed by atoms with Gasteiger partial charge in [0.1, 0.15) is 6.04 Å². The van der Waals surface area contributed by atoms with Crippen molar-refractivity contribution in [2.75, 3.05) is 0 Å². The summed E-state index contributed by atoms with van der Waals surface area (Å²) < 4.78 is 0. The topological polar surface area (TPSA) is 142 Å². The maximum absolute atomic E-state index is 12.2. The van der Waals surface area contributed by atoms with E-state index in [2.05, 4.69) is 17.2 Å². The van der Waals surface area contributed by atoms with Crippen molar-refractivity contribution >= 4 is 17.5 Å². The maximum Gasteiger partial charge on any atom is 0.269 e. The molecule has 28 heavy (non-hydrogen) atoms. The second-order valence-electron chi connectivity index (χ2n) is 5.80. The Morgan fingerprint density at radius 3 is 1.96 bits per heavy atom. The van der Waals surface area contributed by atoms with E-state index in [1.807, 2.05) is 0 Å². The molecule has 0 radical (unpaired) electrons. The Labute approximate surface area is 160 Å². The Balaban J connectivity index is 2.08. The number of carbonyl (C=O) groups excluding carboxylic acids is 2. The summed E-state index contributed by atoms with van der Waals surface area (Å²) in [6.07, 6.45) is -1.21. The molecule has 2 aromatic rings. The van der Waals surface area contributed by atoms with Crippen molar-refractivity contribution in [3.63, 3.8) is 0 Å². The number of carbonyl (C=O) groups is 2. The van der Waals surface area contributed by atoms with Crippen LogP contribution in [0.5, 0.6) is 0 Å². The minimum absolute atomic E-state index is 0.0219. The average Bonchev–Trinajstić information content (AvgIpc) is 2.70. The van der Waals surface area contributed by atoms with E-state index < -0.39 is 28.9 Å². The van der Waals surface area contributed by atoms with Crippen molar-refractivity contribution in [3.8, 4) is 11.8 Å². The molecule has 0 spiro atoms. The van der Waals surface area contributed by atoms with Gasteiger partial charge < -0.3 is 10.4 Å². The van der Waals surface area contributed by atoms with Gasteiger partial charge in [0.15, 0.2) is 0 Å². The number of amides is 2. The van der Waals surface area contributed by atoms with Gasteiger partial charge in [0.05, 0.1) is 11.0 Å². The lowest BCUT2D eigenvalue weighted by Gasteiger charge is -2.19. The zero-order valence-corrected chi connectivity index (χ0v) is 14.7. The number of hydrogen-bond donors (Lipinski definition) is 4. The van der Waals surface area contributed by atoms with Crippen LogP contribution in [0, 0.1) is 22.0 Å². The first-order valence-electron chi connectivity index (χ1n) is 8.11. The lowest BCUT2D eigenvalue weighted by atomic mass is 10.1. The van der Waals surface area contributed by atoms with Gasteiger partial charge in [-0.3, -0.25) is 24.9 Å². The van der Waals surface area contributed by atoms with Crippen LogP contribution in [0.4, 0.5) is 5.69 Å². The first-order valence-corrected chi connectivity index (χ1v) is 8.11. The van der Waals surface area contributed by atoms with Crippen LogP contribution in [-0.2, 0) is 4.79 Å². The van der Waals surface area contributed by atoms with E-state index in [4.69, 9.17) is 5.21 Å². The first-order chi connectivity index (χ1) is 13.3. The van der Waals surface area contributed by atoms with Crippen LogP contribution in [0.1, 0.15) is 28.4 Å². The third-order valence-corrected chi connectivity index (χ3v) is 3.74. The monoisotopic (exact) mass is 383 g/mol. The summed E-state index contributed by atoms with van der Waals surface area (Å²) in [5, 5.41) is 31.1. The highest BCUT2D eigenvalue weighted by atomic mass is 16.6. The van der Waals surface area contributed by atoms with Crippen LogP contribution in [0.2, 0.25) is 0 Å². The predicted molar refractivity (Wildman–Crippen MR) is 98.4 cm³/mol. The quantitative estimate of drug-likeness (QED) is 0.262. The fraction of sp³-hybridized carbons (Fsp3) is 0.158. The highest BCUT2D eigenvalue weighted by Crippen LogP contribution is 2.11. The zero-order chi connectivity index (χ0) is 20.7. The molecule has 2 amide bonds. The Kier molecular flexibility index (Phi) is 6.81. The van der Waals surface area contributed by atoms with E-state index in [0.29, 0.717) is 11.1 Å². The summed E-state index contributed by atoms with van der Waals surface area (Å²) in [5.74, 6) is 4.19. The highest BCUT2D eigenvalue weighted by Gasteiger charge is 2.25. The largest absolute Gasteiger partial charge is 0.391 e. The highest BCUT2D eigenvalue weighted by molar-refractivity contribution is 5.97. The Bertz CT molecular complexity index is 927. The van der Waals surface area contributed by atoms with Gasteiger partial charge >= 0.3 is 0 Å². The second kappa shape index (κ2) is 9.27. The van der Waals surface area contributed by atoms with E-state index in [0.717, 1.165) is 0 Å². The maximum atomic E-state index is 12.2. The van der Waals surface area contributed by atoms with Crippen molar-refractivity contribution in [3.05, 3.63) is 75.3 Å². The Morgan fingerprint density at radius 1 is 1.04 bits per heavy atom. The number of aliphatic hydroxyl groups excluding tert-OH is 1. The van der Waals surface area contributed by atoms with Crippen LogP contribution in [0.15, 0.2) is 48.5 Å². The summed E-state index contributed by atoms with van der Waals surface area (Å²) in [6.45, 7) is 1.30. The fourth-order valence-corrected chi connectivity index (χ4v) is 2.22. The number of non-ortho nitro benzene ring substituents is 1. The number of nitro benzene ring substituents is 1. The number of nitrogens with zero attached hydrogens (tertiary/aromatic N) is 1. The van der Waals surface area contributed by atoms with Gasteiger partial charge in [-0.05, 0) is 43.3 Å². The molecule has 0 aliphatic carbocycles. The average molecular weight is 383 g/mol. The molecule has 0 heterocycles. The predicted octanol–water partition coefficient (Wildman–Crippen LogP) is 0.979. The van der Waals surface area contributed by atoms with E-state index >= 15 is 0 Å². The van der Waals surface area contributed by atoms with E-state index in [-0.39, 0.29) is 11.3 Å². The smallest absolute Gasteiger partial charge is 0.269 e. The van der Waals surface area contributed by atoms with E-state index in [1.54, 1.807) is 12.1 Å². The van der Waals surface area contributed by atoms with Crippen LogP contribution < -0.4 is 10.8 Å². The van der Waals surface area contributed by atoms with Crippen LogP contribution in [0.25, 0.3) is 0 Å². The molecule has 2 aromatic carbocycles. The summed E-state index contributed by atoms with van der Waals surface area (Å²) in [6, 6.07) is 10.7. The standard InChI is InChI=1S/C19H17N3O6/c1-12(23)17(19(25)21-26)20-18(24)15-8-4-13(5-9-15)2-3-14-6-10-16(11-7-14)22(27)28/h4-12,17,23,26H,1H3,(H,20,24)(H,21,25). The van der Waals surface area contributed by atoms with Crippen molar-refractivity contribution in [2.24, 2.45) is 0 Å². The number of benzene rings is 2. The van der Waals surface area contributed by atoms with Crippen LogP contribution >= 0.6 is 0 Å². The van der Waals surface area contributed by atoms with Crippen molar-refractivity contribution in [1.82, 2.24) is 10.8 Å². The molecule has 2 rings (SSSR count). The minimum Gasteiger partial charge on any atom is -0.391 e. The van der Waals surface area contributed by atoms with Gasteiger partial charge in [0.25, 0.3) is 17.5 Å². The van der Waals surface area contributed by atoms with E-state index in [1.165, 1.54) is 48.8 Å². The van der Waals surface area contributed by atoms with Crippen molar-refractivity contribution in [1.29, 1.82) is 0 Å². The van der Waals surface area contributed by atoms with Gasteiger partial charge in [0.2, 0.25) is 0 Å². The summed E-state index contributed by atoms with van der Waals surface area (Å²) in [7, 11) is 0. The molecule has 0 saturated heterocycles. The minimum atomic E-state index is -1.31. The number of hydroxylamine groups is 1. The third-order valence-electron chi connectivity index (χ3n) is 3.74. The Morgan fingerprint density at radius 2 is 1.54 bits per heavy atom. The fourth-order valence-electron chi connectivity index (χ4n) is 2.22. The van der Waals surface area contributed by atoms with Gasteiger partial charge in [-0.15, -0.1) is 0 Å². The van der Waals surface area contributed by atoms with Gasteiger partial charge in [0, 0.05) is 28.8 Å². The number of nitrogens with one attached hydrogen (secondary N) is 2. The molecule has 9 nitrogen and oxygen atoms in total. The molecule has 2 atom stereocenters. The molecule has 0 saturated carbocycles. The van der Waals surface area contributed by atoms with Crippen LogP contribution in [-0.4, -0.2) is 39.2 Å². The first kappa shape index (κ1) is 20.6. The SMILES string of the molecule is CC(O)C(NC(=O)c1ccc(C#Cc2ccc([N+](=O)[O-])cc2)cc1)C(=O)NO. The molecule has 0 aliphatic rings. The lowest BCUT2D eigenvalue weighted by Crippen LogP contribution is -2.51. The summed E-state index contributed by atoms with van der Waals surface area (Å²) in [4.78, 5) is 33.8. The number of nitro groups is 1. The van der Waals surface area contributed by atoms with Crippen molar-refractivity contribution < 1.29 is 24.8 Å². The molecule has 4 N–H and O–H groups in total. The molecule has 2 unspecified atom stereocenters. The molecule has 0 fully saturated rings. The van der Waals surface area contributed by atoms with Gasteiger partial charge in [-0.2, -0.15) is 0 Å². The molecule has 144 valence electrons. The summed E-state index contributed by atoms with van der Waals surface area (Å²) >= 11 is 0. The number of aliphatic hydroxyl groups is 1. The zero-order valence-electron chi connectivity index (χ0n) is 14.7. The lowest BCUT2D eigenvalue weighted by molar-refractivity contribution is -0.384. The van der Waals surface area contributed by atoms with Gasteiger partial charge in [-0.25, -0.2) is 5.48 Å². The van der Waals surface area contributed by atoms with Gasteiger partial charge in [-0.1, -0.05) is 11.8 Å². The van der Waals surface area contributed by atoms with Crippen LogP contribution in [0.3, 0.4) is 0 Å². The normalized spacial score (nSPS) is 12.1. The Hall–Kier alpha value is -3.74. The molecule has 0 aromatic heterocycles. The number of hydrogen-bond acceptors (Lipinski definition) is 6. The summed E-state index contributed by atoms with van der Waals surface area (Å²) in [5.41, 5.74) is 2.80.